The molecule has 1 atom stereocenters. The minimum atomic E-state index is 0.379. The molecule has 0 amide bonds. The lowest BCUT2D eigenvalue weighted by atomic mass is 10.3. The molecule has 0 radical (unpaired) electrons. The standard InChI is InChI=1S/C11H21N3S/c1-9(2)12-5-4-6-13-10(3)11-14-7-8-15-11/h7-10,12-13H,4-6H2,1-3H3. The summed E-state index contributed by atoms with van der Waals surface area (Å²) in [5.41, 5.74) is 0. The fraction of sp³-hybridized carbons (Fsp3) is 0.727. The molecule has 0 spiro atoms. The lowest BCUT2D eigenvalue weighted by molar-refractivity contribution is 0.515. The van der Waals surface area contributed by atoms with E-state index in [-0.39, 0.29) is 0 Å². The van der Waals surface area contributed by atoms with Crippen LogP contribution in [0.2, 0.25) is 0 Å². The number of hydrogen-bond donors (Lipinski definition) is 2. The van der Waals surface area contributed by atoms with Crippen molar-refractivity contribution in [3.05, 3.63) is 16.6 Å². The van der Waals surface area contributed by atoms with Crippen LogP contribution in [0.4, 0.5) is 0 Å². The quantitative estimate of drug-likeness (QED) is 0.701. The van der Waals surface area contributed by atoms with Gasteiger partial charge in [0, 0.05) is 17.6 Å². The van der Waals surface area contributed by atoms with Crippen molar-refractivity contribution in [3.8, 4) is 0 Å². The van der Waals surface area contributed by atoms with Gasteiger partial charge in [0.2, 0.25) is 0 Å². The summed E-state index contributed by atoms with van der Waals surface area (Å²) in [6, 6.07) is 0.963. The zero-order valence-corrected chi connectivity index (χ0v) is 10.6. The minimum Gasteiger partial charge on any atom is -0.314 e. The first kappa shape index (κ1) is 12.6. The van der Waals surface area contributed by atoms with Gasteiger partial charge in [-0.05, 0) is 26.4 Å². The molecular formula is C11H21N3S. The smallest absolute Gasteiger partial charge is 0.109 e. The van der Waals surface area contributed by atoms with Gasteiger partial charge < -0.3 is 10.6 Å². The van der Waals surface area contributed by atoms with E-state index in [0.717, 1.165) is 19.5 Å². The molecular weight excluding hydrogens is 206 g/mol. The predicted octanol–water partition coefficient (Wildman–Crippen LogP) is 2.18. The summed E-state index contributed by atoms with van der Waals surface area (Å²) in [5, 5.41) is 10.1. The summed E-state index contributed by atoms with van der Waals surface area (Å²) in [5.74, 6) is 0. The van der Waals surface area contributed by atoms with Crippen molar-refractivity contribution in [2.24, 2.45) is 0 Å². The largest absolute Gasteiger partial charge is 0.314 e. The first-order valence-corrected chi connectivity index (χ1v) is 6.44. The topological polar surface area (TPSA) is 37.0 Å². The lowest BCUT2D eigenvalue weighted by Crippen LogP contribution is -2.27. The zero-order chi connectivity index (χ0) is 11.1. The molecule has 15 heavy (non-hydrogen) atoms. The highest BCUT2D eigenvalue weighted by Crippen LogP contribution is 2.13. The number of rotatable bonds is 7. The SMILES string of the molecule is CC(C)NCCCNC(C)c1nccs1. The molecule has 1 aromatic heterocycles. The second-order valence-corrected chi connectivity index (χ2v) is 4.93. The Hall–Kier alpha value is -0.450. The van der Waals surface area contributed by atoms with Crippen molar-refractivity contribution in [2.75, 3.05) is 13.1 Å². The number of hydrogen-bond acceptors (Lipinski definition) is 4. The fourth-order valence-electron chi connectivity index (χ4n) is 1.33. The Morgan fingerprint density at radius 2 is 2.00 bits per heavy atom. The van der Waals surface area contributed by atoms with Crippen LogP contribution in [0.25, 0.3) is 0 Å². The van der Waals surface area contributed by atoms with E-state index in [1.807, 2.05) is 11.6 Å². The van der Waals surface area contributed by atoms with Crippen LogP contribution in [-0.4, -0.2) is 24.1 Å². The van der Waals surface area contributed by atoms with Gasteiger partial charge in [-0.1, -0.05) is 13.8 Å². The highest BCUT2D eigenvalue weighted by molar-refractivity contribution is 7.09. The molecule has 86 valence electrons. The maximum Gasteiger partial charge on any atom is 0.109 e. The molecule has 4 heteroatoms. The molecule has 1 aromatic rings. The molecule has 0 aliphatic rings. The summed E-state index contributed by atoms with van der Waals surface area (Å²) < 4.78 is 0. The average molecular weight is 227 g/mol. The monoisotopic (exact) mass is 227 g/mol. The zero-order valence-electron chi connectivity index (χ0n) is 9.79. The van der Waals surface area contributed by atoms with Gasteiger partial charge in [0.15, 0.2) is 0 Å². The van der Waals surface area contributed by atoms with Gasteiger partial charge in [0.25, 0.3) is 0 Å². The van der Waals surface area contributed by atoms with E-state index in [1.165, 1.54) is 5.01 Å². The van der Waals surface area contributed by atoms with Gasteiger partial charge in [-0.15, -0.1) is 11.3 Å². The van der Waals surface area contributed by atoms with Crippen LogP contribution in [0.3, 0.4) is 0 Å². The number of aromatic nitrogens is 1. The van der Waals surface area contributed by atoms with Crippen LogP contribution in [0.5, 0.6) is 0 Å². The van der Waals surface area contributed by atoms with E-state index in [4.69, 9.17) is 0 Å². The van der Waals surface area contributed by atoms with Crippen molar-refractivity contribution in [1.29, 1.82) is 0 Å². The van der Waals surface area contributed by atoms with E-state index in [1.54, 1.807) is 11.3 Å². The molecule has 2 N–H and O–H groups in total. The Bertz CT molecular complexity index is 246. The first-order chi connectivity index (χ1) is 7.20. The van der Waals surface area contributed by atoms with Crippen LogP contribution >= 0.6 is 11.3 Å². The molecule has 0 fully saturated rings. The van der Waals surface area contributed by atoms with Gasteiger partial charge in [-0.2, -0.15) is 0 Å². The van der Waals surface area contributed by atoms with E-state index in [2.05, 4.69) is 36.4 Å². The summed E-state index contributed by atoms with van der Waals surface area (Å²) in [7, 11) is 0. The van der Waals surface area contributed by atoms with Crippen molar-refractivity contribution in [1.82, 2.24) is 15.6 Å². The lowest BCUT2D eigenvalue weighted by Gasteiger charge is -2.12. The van der Waals surface area contributed by atoms with Gasteiger partial charge in [0.1, 0.15) is 5.01 Å². The van der Waals surface area contributed by atoms with E-state index >= 15 is 0 Å². The Kier molecular flexibility index (Phi) is 5.83. The molecule has 0 bridgehead atoms. The number of nitrogens with one attached hydrogen (secondary N) is 2. The van der Waals surface area contributed by atoms with E-state index in [9.17, 15) is 0 Å². The third kappa shape index (κ3) is 5.25. The Balaban J connectivity index is 2.05. The Morgan fingerprint density at radius 1 is 1.27 bits per heavy atom. The van der Waals surface area contributed by atoms with Gasteiger partial charge in [-0.25, -0.2) is 4.98 Å². The van der Waals surface area contributed by atoms with Crippen LogP contribution in [-0.2, 0) is 0 Å². The molecule has 3 nitrogen and oxygen atoms in total. The Morgan fingerprint density at radius 3 is 2.60 bits per heavy atom. The molecule has 1 unspecified atom stereocenters. The van der Waals surface area contributed by atoms with Gasteiger partial charge >= 0.3 is 0 Å². The van der Waals surface area contributed by atoms with Crippen molar-refractivity contribution < 1.29 is 0 Å². The highest BCUT2D eigenvalue weighted by Gasteiger charge is 2.05. The highest BCUT2D eigenvalue weighted by atomic mass is 32.1. The number of thiazole rings is 1. The molecule has 1 heterocycles. The van der Waals surface area contributed by atoms with Crippen molar-refractivity contribution in [2.45, 2.75) is 39.3 Å². The third-order valence-corrected chi connectivity index (χ3v) is 3.14. The molecule has 0 saturated heterocycles. The summed E-state index contributed by atoms with van der Waals surface area (Å²) in [4.78, 5) is 4.28. The van der Waals surface area contributed by atoms with Crippen LogP contribution in [0.15, 0.2) is 11.6 Å². The molecule has 1 rings (SSSR count). The van der Waals surface area contributed by atoms with Crippen LogP contribution < -0.4 is 10.6 Å². The predicted molar refractivity (Wildman–Crippen MR) is 66.3 cm³/mol. The van der Waals surface area contributed by atoms with E-state index in [0.29, 0.717) is 12.1 Å². The maximum atomic E-state index is 4.28. The molecule has 0 aliphatic heterocycles. The van der Waals surface area contributed by atoms with E-state index < -0.39 is 0 Å². The third-order valence-electron chi connectivity index (χ3n) is 2.18. The fourth-order valence-corrected chi connectivity index (χ4v) is 2.00. The Labute approximate surface area is 96.3 Å². The van der Waals surface area contributed by atoms with Crippen molar-refractivity contribution in [3.63, 3.8) is 0 Å². The van der Waals surface area contributed by atoms with Gasteiger partial charge in [0.05, 0.1) is 6.04 Å². The molecule has 0 aromatic carbocycles. The molecule has 0 saturated carbocycles. The molecule has 0 aliphatic carbocycles. The van der Waals surface area contributed by atoms with Crippen LogP contribution in [0, 0.1) is 0 Å². The normalized spacial score (nSPS) is 13.3. The second-order valence-electron chi connectivity index (χ2n) is 4.01. The summed E-state index contributed by atoms with van der Waals surface area (Å²) in [6.07, 6.45) is 3.02. The second kappa shape index (κ2) is 6.93. The van der Waals surface area contributed by atoms with Gasteiger partial charge in [-0.3, -0.25) is 0 Å². The first-order valence-electron chi connectivity index (χ1n) is 5.56. The number of nitrogens with zero attached hydrogens (tertiary/aromatic N) is 1. The minimum absolute atomic E-state index is 0.379. The maximum absolute atomic E-state index is 4.28. The summed E-state index contributed by atoms with van der Waals surface area (Å²) in [6.45, 7) is 8.63. The summed E-state index contributed by atoms with van der Waals surface area (Å²) >= 11 is 1.71. The van der Waals surface area contributed by atoms with Crippen molar-refractivity contribution >= 4 is 11.3 Å². The van der Waals surface area contributed by atoms with Crippen LogP contribution in [0.1, 0.15) is 38.2 Å². The average Bonchev–Trinajstić information content (AvgIpc) is 2.69.